The monoisotopic (exact) mass is 345 g/mol. The molecule has 128 valence electrons. The molecule has 0 radical (unpaired) electrons. The van der Waals surface area contributed by atoms with Crippen LogP contribution in [0.5, 0.6) is 0 Å². The normalized spacial score (nSPS) is 20.1. The van der Waals surface area contributed by atoms with Crippen molar-refractivity contribution in [1.29, 1.82) is 0 Å². The van der Waals surface area contributed by atoms with Crippen molar-refractivity contribution in [3.05, 3.63) is 34.8 Å². The van der Waals surface area contributed by atoms with Crippen LogP contribution in [0.25, 0.3) is 0 Å². The zero-order valence-corrected chi connectivity index (χ0v) is 14.7. The number of carbonyl (C=O) groups is 1. The molecule has 0 spiro atoms. The predicted molar refractivity (Wildman–Crippen MR) is 92.9 cm³/mol. The second-order valence-corrected chi connectivity index (χ2v) is 7.71. The van der Waals surface area contributed by atoms with Gasteiger partial charge < -0.3 is 14.8 Å². The minimum absolute atomic E-state index is 0.0591. The van der Waals surface area contributed by atoms with Crippen molar-refractivity contribution in [3.8, 4) is 0 Å². The second kappa shape index (κ2) is 6.55. The van der Waals surface area contributed by atoms with E-state index in [0.717, 1.165) is 36.6 Å². The zero-order chi connectivity index (χ0) is 16.5. The van der Waals surface area contributed by atoms with Gasteiger partial charge in [0.15, 0.2) is 0 Å². The van der Waals surface area contributed by atoms with Gasteiger partial charge in [-0.1, -0.05) is 0 Å². The Balaban J connectivity index is 1.36. The maximum Gasteiger partial charge on any atom is 0.317 e. The smallest absolute Gasteiger partial charge is 0.317 e. The van der Waals surface area contributed by atoms with E-state index in [-0.39, 0.29) is 12.1 Å². The van der Waals surface area contributed by atoms with Crippen LogP contribution in [-0.2, 0) is 0 Å². The first-order valence-electron chi connectivity index (χ1n) is 8.65. The third-order valence-electron chi connectivity index (χ3n) is 4.97. The number of thiazole rings is 1. The number of urea groups is 1. The van der Waals surface area contributed by atoms with Gasteiger partial charge in [0, 0.05) is 42.6 Å². The number of likely N-dealkylation sites (tertiary alicyclic amines) is 1. The Morgan fingerprint density at radius 3 is 2.71 bits per heavy atom. The quantitative estimate of drug-likeness (QED) is 0.926. The molecule has 1 saturated heterocycles. The molecule has 1 saturated carbocycles. The molecule has 0 bridgehead atoms. The molecule has 1 aliphatic carbocycles. The molecule has 3 heterocycles. The van der Waals surface area contributed by atoms with E-state index in [9.17, 15) is 4.79 Å². The van der Waals surface area contributed by atoms with Crippen molar-refractivity contribution in [2.75, 3.05) is 13.1 Å². The van der Waals surface area contributed by atoms with Crippen molar-refractivity contribution >= 4 is 17.4 Å². The van der Waals surface area contributed by atoms with Gasteiger partial charge in [-0.2, -0.15) is 0 Å². The number of aromatic nitrogens is 3. The number of piperidine rings is 1. The summed E-state index contributed by atoms with van der Waals surface area (Å²) in [6.07, 6.45) is 10.0. The molecule has 2 amide bonds. The number of imidazole rings is 1. The summed E-state index contributed by atoms with van der Waals surface area (Å²) in [7, 11) is 0. The third-order valence-corrected chi connectivity index (χ3v) is 6.02. The van der Waals surface area contributed by atoms with E-state index in [1.54, 1.807) is 11.3 Å². The predicted octanol–water partition coefficient (Wildman–Crippen LogP) is 3.15. The molecular weight excluding hydrogens is 322 g/mol. The molecule has 2 aromatic heterocycles. The molecule has 0 aromatic carbocycles. The number of aryl methyl sites for hydroxylation is 1. The van der Waals surface area contributed by atoms with E-state index in [0.29, 0.717) is 12.0 Å². The lowest BCUT2D eigenvalue weighted by molar-refractivity contribution is 0.167. The van der Waals surface area contributed by atoms with Crippen LogP contribution >= 0.6 is 11.3 Å². The highest BCUT2D eigenvalue weighted by Gasteiger charge is 2.36. The van der Waals surface area contributed by atoms with E-state index in [2.05, 4.69) is 25.2 Å². The molecule has 1 atom stereocenters. The van der Waals surface area contributed by atoms with Crippen molar-refractivity contribution < 1.29 is 4.79 Å². The summed E-state index contributed by atoms with van der Waals surface area (Å²) in [5.74, 6) is 0.558. The Hall–Kier alpha value is -1.89. The highest BCUT2D eigenvalue weighted by atomic mass is 32.1. The van der Waals surface area contributed by atoms with E-state index >= 15 is 0 Å². The van der Waals surface area contributed by atoms with Crippen LogP contribution in [0.4, 0.5) is 4.79 Å². The van der Waals surface area contributed by atoms with Gasteiger partial charge in [-0.15, -0.1) is 11.3 Å². The molecule has 2 fully saturated rings. The number of amides is 2. The summed E-state index contributed by atoms with van der Waals surface area (Å²) in [6, 6.07) is 0.601. The van der Waals surface area contributed by atoms with Crippen LogP contribution in [0.1, 0.15) is 48.5 Å². The Bertz CT molecular complexity index is 686. The molecule has 4 rings (SSSR count). The average Bonchev–Trinajstić information content (AvgIpc) is 3.10. The molecule has 2 aliphatic rings. The third kappa shape index (κ3) is 3.31. The minimum atomic E-state index is 0.0591. The lowest BCUT2D eigenvalue weighted by atomic mass is 10.1. The van der Waals surface area contributed by atoms with Crippen LogP contribution in [0.15, 0.2) is 24.1 Å². The van der Waals surface area contributed by atoms with Crippen LogP contribution in [0, 0.1) is 12.8 Å². The number of nitrogens with zero attached hydrogens (tertiary/aromatic N) is 4. The number of nitrogens with one attached hydrogen (secondary N) is 1. The molecule has 1 N–H and O–H groups in total. The van der Waals surface area contributed by atoms with Crippen molar-refractivity contribution in [2.24, 2.45) is 5.92 Å². The fourth-order valence-corrected chi connectivity index (χ4v) is 4.34. The van der Waals surface area contributed by atoms with Gasteiger partial charge in [0.2, 0.25) is 0 Å². The van der Waals surface area contributed by atoms with Gasteiger partial charge in [-0.05, 0) is 38.5 Å². The van der Waals surface area contributed by atoms with E-state index < -0.39 is 0 Å². The highest BCUT2D eigenvalue weighted by Crippen LogP contribution is 2.42. The fraction of sp³-hybridized carbons (Fsp3) is 0.588. The molecule has 1 unspecified atom stereocenters. The SMILES string of the molecule is Cc1csc(C(NC(=O)N2CCC(n3ccnc3)CC2)C2CC2)n1. The zero-order valence-electron chi connectivity index (χ0n) is 13.9. The van der Waals surface area contributed by atoms with Crippen molar-refractivity contribution in [2.45, 2.75) is 44.7 Å². The molecular formula is C17H23N5OS. The number of hydrogen-bond donors (Lipinski definition) is 1. The fourth-order valence-electron chi connectivity index (χ4n) is 3.40. The Morgan fingerprint density at radius 1 is 1.33 bits per heavy atom. The van der Waals surface area contributed by atoms with Gasteiger partial charge in [0.1, 0.15) is 5.01 Å². The number of hydrogen-bond acceptors (Lipinski definition) is 4. The summed E-state index contributed by atoms with van der Waals surface area (Å²) in [6.45, 7) is 3.60. The van der Waals surface area contributed by atoms with Gasteiger partial charge in [-0.3, -0.25) is 0 Å². The molecule has 6 nitrogen and oxygen atoms in total. The summed E-state index contributed by atoms with van der Waals surface area (Å²) < 4.78 is 2.15. The maximum atomic E-state index is 12.7. The first-order chi connectivity index (χ1) is 11.7. The first kappa shape index (κ1) is 15.6. The first-order valence-corrected chi connectivity index (χ1v) is 9.53. The lowest BCUT2D eigenvalue weighted by Gasteiger charge is -2.33. The van der Waals surface area contributed by atoms with Gasteiger partial charge in [-0.25, -0.2) is 14.8 Å². The topological polar surface area (TPSA) is 63.1 Å². The molecule has 1 aliphatic heterocycles. The Labute approximate surface area is 145 Å². The summed E-state index contributed by atoms with van der Waals surface area (Å²) in [5, 5.41) is 6.36. The van der Waals surface area contributed by atoms with E-state index in [4.69, 9.17) is 0 Å². The van der Waals surface area contributed by atoms with Crippen LogP contribution in [0.3, 0.4) is 0 Å². The van der Waals surface area contributed by atoms with Crippen LogP contribution in [0.2, 0.25) is 0 Å². The van der Waals surface area contributed by atoms with Gasteiger partial charge >= 0.3 is 6.03 Å². The van der Waals surface area contributed by atoms with Crippen molar-refractivity contribution in [1.82, 2.24) is 24.8 Å². The largest absolute Gasteiger partial charge is 0.334 e. The van der Waals surface area contributed by atoms with Crippen LogP contribution < -0.4 is 5.32 Å². The summed E-state index contributed by atoms with van der Waals surface area (Å²) in [4.78, 5) is 23.3. The maximum absolute atomic E-state index is 12.7. The average molecular weight is 345 g/mol. The number of carbonyl (C=O) groups excluding carboxylic acids is 1. The Kier molecular flexibility index (Phi) is 4.26. The second-order valence-electron chi connectivity index (χ2n) is 6.82. The lowest BCUT2D eigenvalue weighted by Crippen LogP contribution is -2.46. The molecule has 7 heteroatoms. The van der Waals surface area contributed by atoms with Gasteiger partial charge in [0.05, 0.1) is 12.4 Å². The number of rotatable bonds is 4. The van der Waals surface area contributed by atoms with Crippen molar-refractivity contribution in [3.63, 3.8) is 0 Å². The van der Waals surface area contributed by atoms with E-state index in [1.807, 2.05) is 30.5 Å². The van der Waals surface area contributed by atoms with Crippen LogP contribution in [-0.4, -0.2) is 38.6 Å². The standard InChI is InChI=1S/C17H23N5OS/c1-12-10-24-16(19-12)15(13-2-3-13)20-17(23)21-7-4-14(5-8-21)22-9-6-18-11-22/h6,9-11,13-15H,2-5,7-8H2,1H3,(H,20,23). The minimum Gasteiger partial charge on any atom is -0.334 e. The molecule has 2 aromatic rings. The summed E-state index contributed by atoms with van der Waals surface area (Å²) in [5.41, 5.74) is 1.04. The summed E-state index contributed by atoms with van der Waals surface area (Å²) >= 11 is 1.66. The van der Waals surface area contributed by atoms with E-state index in [1.165, 1.54) is 12.8 Å². The molecule has 24 heavy (non-hydrogen) atoms. The Morgan fingerprint density at radius 2 is 2.12 bits per heavy atom. The highest BCUT2D eigenvalue weighted by molar-refractivity contribution is 7.09. The van der Waals surface area contributed by atoms with Gasteiger partial charge in [0.25, 0.3) is 0 Å².